The summed E-state index contributed by atoms with van der Waals surface area (Å²) in [7, 11) is 0. The standard InChI is InChI=1S/C134H162BN3/c1-124(2,3)74-85-38-34-42-96(58-85)104-66-93(82-132(25,26)27)67-105(97-43-35-39-86(59-97)75-125(4,5)6)122(104)137-116-72-100(120-102-52-46-89(78-128(13,14)15)62-108(102)109-63-90(47-53-103(109)120)79-129(16,17)18)50-54-112(116)135-113-55-51-101(136-114-56-48-91(80-130(19,20)21)64-110(114)111-65-92(49-57-115(111)136)81-131(22,23)24)73-117(113)138(119-71-95(84-134(31,32)33)70-118(137)121(119)135)123-106(98-44-36-40-87(60-98)76-126(7,8)9)68-94(83-133(28,29)30)69-107(123)99-45-37-41-88(61-99)77-127(10,11)12/h34-73,120H,74-84H2,1-33H3/i78D2,79D2,80D2,81D2,82D2,83D2. The zero-order valence-electron chi connectivity index (χ0n) is 102. The fourth-order valence-corrected chi connectivity index (χ4v) is 22.0. The Kier molecular flexibility index (Phi) is 21.9. The van der Waals surface area contributed by atoms with E-state index in [1.165, 1.54) is 0 Å². The van der Waals surface area contributed by atoms with E-state index >= 15 is 0 Å². The molecule has 4 heteroatoms. The van der Waals surface area contributed by atoms with Crippen LogP contribution in [0.2, 0.25) is 0 Å². The van der Waals surface area contributed by atoms with Gasteiger partial charge in [-0.15, -0.1) is 0 Å². The number of fused-ring (bicyclic) bond motifs is 10. The van der Waals surface area contributed by atoms with Crippen molar-refractivity contribution in [1.29, 1.82) is 0 Å². The largest absolute Gasteiger partial charge is 0.310 e. The molecule has 0 fully saturated rings. The summed E-state index contributed by atoms with van der Waals surface area (Å²) in [6.07, 6.45) is -7.45. The molecule has 3 nitrogen and oxygen atoms in total. The molecular weight excluding hydrogens is 1660 g/mol. The van der Waals surface area contributed by atoms with Crippen LogP contribution in [0.15, 0.2) is 243 Å². The molecular formula is C134H162BN3. The van der Waals surface area contributed by atoms with Crippen molar-refractivity contribution >= 4 is 79.0 Å². The van der Waals surface area contributed by atoms with Crippen LogP contribution >= 0.6 is 0 Å². The van der Waals surface area contributed by atoms with Crippen LogP contribution in [0.1, 0.15) is 329 Å². The van der Waals surface area contributed by atoms with Gasteiger partial charge < -0.3 is 14.4 Å². The molecule has 3 aliphatic rings. The molecule has 0 N–H and O–H groups in total. The fourth-order valence-electron chi connectivity index (χ4n) is 22.0. The lowest BCUT2D eigenvalue weighted by Gasteiger charge is -2.46. The predicted molar refractivity (Wildman–Crippen MR) is 604 cm³/mol. The molecule has 0 saturated carbocycles. The van der Waals surface area contributed by atoms with Gasteiger partial charge in [0.1, 0.15) is 0 Å². The molecule has 14 aromatic rings. The monoisotopic (exact) mass is 1840 g/mol. The Hall–Kier alpha value is -10.7. The summed E-state index contributed by atoms with van der Waals surface area (Å²) in [5.74, 6) is -0.485. The van der Waals surface area contributed by atoms with Crippen molar-refractivity contribution in [1.82, 2.24) is 4.57 Å². The molecule has 1 aromatic heterocycles. The van der Waals surface area contributed by atoms with Crippen molar-refractivity contribution in [2.24, 2.45) is 59.6 Å². The third-order valence-corrected chi connectivity index (χ3v) is 25.9. The van der Waals surface area contributed by atoms with Crippen LogP contribution < -0.4 is 26.2 Å². The Morgan fingerprint density at radius 3 is 0.855 bits per heavy atom. The van der Waals surface area contributed by atoms with Crippen molar-refractivity contribution in [3.8, 4) is 61.3 Å². The first-order valence-electron chi connectivity index (χ1n) is 57.0. The molecule has 13 aromatic carbocycles. The average molecular weight is 1840 g/mol. The lowest BCUT2D eigenvalue weighted by molar-refractivity contribution is 0.410. The van der Waals surface area contributed by atoms with Gasteiger partial charge in [-0.25, -0.2) is 0 Å². The maximum atomic E-state index is 10.8. The summed E-state index contributed by atoms with van der Waals surface area (Å²) in [6, 6.07) is 88.3. The number of aromatic nitrogens is 1. The summed E-state index contributed by atoms with van der Waals surface area (Å²) in [5.41, 5.74) is 25.0. The maximum absolute atomic E-state index is 10.8. The van der Waals surface area contributed by atoms with Gasteiger partial charge in [0.25, 0.3) is 6.71 Å². The highest BCUT2D eigenvalue weighted by Gasteiger charge is 2.48. The van der Waals surface area contributed by atoms with E-state index in [0.717, 1.165) is 204 Å². The van der Waals surface area contributed by atoms with Crippen molar-refractivity contribution in [2.75, 3.05) is 9.80 Å². The van der Waals surface area contributed by atoms with Crippen LogP contribution in [0.25, 0.3) is 83.1 Å². The zero-order valence-corrected chi connectivity index (χ0v) is 89.6. The molecule has 716 valence electrons. The van der Waals surface area contributed by atoms with E-state index in [4.69, 9.17) is 0 Å². The van der Waals surface area contributed by atoms with E-state index in [2.05, 4.69) is 324 Å². The SMILES string of the molecule is [2H]C([2H])(c1ccc2c(c1)-c1cc(C([2H])([2H])C(C)(C)C)ccc1C2c1ccc2c(c1)N(c1c(-c3cccc(CC(C)(C)C)c3)cc(C([2H])([2H])C(C)(C)C)cc1-c1cccc(CC(C)(C)C)c1)c1cc(CC(C)(C)C)cc3c1B2c1ccc(-n2c4ccc(C([2H])([2H])C(C)(C)C)cc4c4cc(C([2H])([2H])C(C)(C)C)ccc42)cc1N3c1c(-c2cccc(CC(C)(C)C)c2)cc(C([2H])([2H])C(C)(C)C)cc1-c1cccc(CC(C)(C)C)c1)C(C)(C)C. The second kappa shape index (κ2) is 35.8. The Bertz CT molecular complexity index is 7330. The van der Waals surface area contributed by atoms with Gasteiger partial charge in [-0.1, -0.05) is 392 Å². The number of hydrogen-bond acceptors (Lipinski definition) is 2. The second-order valence-electron chi connectivity index (χ2n) is 53.1. The van der Waals surface area contributed by atoms with E-state index in [-0.39, 0.29) is 27.1 Å². The number of nitrogens with zero attached hydrogens (tertiary/aromatic N) is 3. The van der Waals surface area contributed by atoms with Gasteiger partial charge in [0.05, 0.1) is 22.4 Å². The highest BCUT2D eigenvalue weighted by atomic mass is 15.2. The van der Waals surface area contributed by atoms with Gasteiger partial charge >= 0.3 is 0 Å². The fraction of sp³-hybridized carbons (Fsp3) is 0.418. The number of benzene rings is 13. The molecule has 0 unspecified atom stereocenters. The first kappa shape index (κ1) is 84.2. The summed E-state index contributed by atoms with van der Waals surface area (Å²) in [6.45, 7) is 69.2. The topological polar surface area (TPSA) is 11.4 Å². The van der Waals surface area contributed by atoms with Crippen LogP contribution in [0, 0.1) is 59.6 Å². The van der Waals surface area contributed by atoms with Gasteiger partial charge in [-0.3, -0.25) is 0 Å². The van der Waals surface area contributed by atoms with Gasteiger partial charge in [-0.05, 0) is 336 Å². The van der Waals surface area contributed by atoms with E-state index < -0.39 is 83.4 Å². The highest BCUT2D eigenvalue weighted by molar-refractivity contribution is 7.00. The van der Waals surface area contributed by atoms with Crippen LogP contribution in [0.3, 0.4) is 0 Å². The third-order valence-electron chi connectivity index (χ3n) is 25.9. The maximum Gasteiger partial charge on any atom is 0.252 e. The second-order valence-corrected chi connectivity index (χ2v) is 53.1. The molecule has 17 rings (SSSR count). The Morgan fingerprint density at radius 2 is 0.529 bits per heavy atom. The molecule has 1 aliphatic carbocycles. The smallest absolute Gasteiger partial charge is 0.252 e. The third kappa shape index (κ3) is 22.4. The van der Waals surface area contributed by atoms with E-state index in [0.29, 0.717) is 39.8 Å². The summed E-state index contributed by atoms with van der Waals surface area (Å²) >= 11 is 0. The Labute approximate surface area is 850 Å². The molecule has 0 amide bonds. The zero-order chi connectivity index (χ0) is 110. The summed E-state index contributed by atoms with van der Waals surface area (Å²) < 4.78 is 125. The van der Waals surface area contributed by atoms with Crippen LogP contribution in [-0.2, 0) is 70.3 Å². The van der Waals surface area contributed by atoms with Crippen LogP contribution in [0.5, 0.6) is 0 Å². The molecule has 3 heterocycles. The predicted octanol–water partition coefficient (Wildman–Crippen LogP) is 36.2. The molecule has 0 atom stereocenters. The molecule has 2 aliphatic heterocycles. The number of rotatable bonds is 19. The number of anilines is 6. The molecule has 0 bridgehead atoms. The van der Waals surface area contributed by atoms with E-state index in [1.807, 2.05) is 161 Å². The van der Waals surface area contributed by atoms with Crippen molar-refractivity contribution < 1.29 is 16.4 Å². The van der Waals surface area contributed by atoms with Crippen molar-refractivity contribution in [3.63, 3.8) is 0 Å². The van der Waals surface area contributed by atoms with Gasteiger partial charge in [-0.2, -0.15) is 0 Å². The van der Waals surface area contributed by atoms with Gasteiger partial charge in [0.15, 0.2) is 0 Å². The first-order valence-corrected chi connectivity index (χ1v) is 51.0. The average Bonchev–Trinajstić information content (AvgIpc) is 0.829. The number of hydrogen-bond donors (Lipinski definition) is 0. The minimum absolute atomic E-state index is 0.134. The highest BCUT2D eigenvalue weighted by Crippen LogP contribution is 2.58. The normalized spacial score (nSPS) is 16.0. The van der Waals surface area contributed by atoms with Gasteiger partial charge in [0, 0.05) is 83.8 Å². The minimum Gasteiger partial charge on any atom is -0.310 e. The van der Waals surface area contributed by atoms with Gasteiger partial charge in [0.2, 0.25) is 0 Å². The summed E-state index contributed by atoms with van der Waals surface area (Å²) in [4.78, 5) is 5.18. The first-order chi connectivity index (χ1) is 68.8. The minimum atomic E-state index is -1.93. The lowest BCUT2D eigenvalue weighted by atomic mass is 9.33. The van der Waals surface area contributed by atoms with E-state index in [9.17, 15) is 16.4 Å². The quantitative estimate of drug-likeness (QED) is 0.0748. The van der Waals surface area contributed by atoms with Crippen LogP contribution in [0.4, 0.5) is 34.1 Å². The summed E-state index contributed by atoms with van der Waals surface area (Å²) in [5, 5.41) is 1.56. The molecule has 138 heavy (non-hydrogen) atoms. The Balaban J connectivity index is 1.12. The molecule has 0 saturated heterocycles. The molecule has 0 radical (unpaired) electrons. The van der Waals surface area contributed by atoms with Crippen LogP contribution in [-0.4, -0.2) is 11.3 Å². The van der Waals surface area contributed by atoms with Crippen molar-refractivity contribution in [2.45, 2.75) is 305 Å². The van der Waals surface area contributed by atoms with E-state index in [1.54, 1.807) is 0 Å². The van der Waals surface area contributed by atoms with Crippen molar-refractivity contribution in [3.05, 3.63) is 321 Å². The Morgan fingerprint density at radius 1 is 0.239 bits per heavy atom. The lowest BCUT2D eigenvalue weighted by Crippen LogP contribution is -2.61. The molecule has 0 spiro atoms.